The van der Waals surface area contributed by atoms with Crippen LogP contribution in [0.25, 0.3) is 5.69 Å². The van der Waals surface area contributed by atoms with Gasteiger partial charge < -0.3 is 14.6 Å². The Labute approximate surface area is 182 Å². The van der Waals surface area contributed by atoms with Crippen LogP contribution >= 0.6 is 0 Å². The molecule has 8 nitrogen and oxygen atoms in total. The average Bonchev–Trinajstić information content (AvgIpc) is 2.77. The number of ether oxygens (including phenoxy) is 2. The number of hydrogen-bond donors (Lipinski definition) is 2. The van der Waals surface area contributed by atoms with Crippen LogP contribution in [0.3, 0.4) is 0 Å². The van der Waals surface area contributed by atoms with E-state index in [1.165, 1.54) is 32.6 Å². The molecule has 0 unspecified atom stereocenters. The lowest BCUT2D eigenvalue weighted by atomic mass is 10.0. The van der Waals surface area contributed by atoms with Crippen molar-refractivity contribution in [2.24, 2.45) is 10.9 Å². The molecule has 170 valence electrons. The van der Waals surface area contributed by atoms with Gasteiger partial charge in [0.25, 0.3) is 5.56 Å². The number of methoxy groups -OCH3 is 1. The molecule has 2 rings (SSSR count). The lowest BCUT2D eigenvalue weighted by Crippen LogP contribution is -2.31. The molecule has 0 saturated heterocycles. The van der Waals surface area contributed by atoms with Gasteiger partial charge in [0, 0.05) is 26.0 Å². The van der Waals surface area contributed by atoms with Crippen LogP contribution in [0.4, 0.5) is 0 Å². The fraction of sp³-hybridized carbons (Fsp3) is 0.522. The maximum Gasteiger partial charge on any atom is 0.335 e. The Morgan fingerprint density at radius 1 is 1.19 bits per heavy atom. The molecule has 0 fully saturated rings. The van der Waals surface area contributed by atoms with E-state index in [4.69, 9.17) is 9.47 Å². The third-order valence-corrected chi connectivity index (χ3v) is 5.14. The van der Waals surface area contributed by atoms with Gasteiger partial charge in [-0.05, 0) is 43.0 Å². The molecule has 1 aromatic carbocycles. The minimum absolute atomic E-state index is 0.0676. The summed E-state index contributed by atoms with van der Waals surface area (Å²) in [5.74, 6) is 0.749. The number of aliphatic imine (C=N–C) groups is 1. The van der Waals surface area contributed by atoms with Gasteiger partial charge in [-0.1, -0.05) is 33.1 Å². The summed E-state index contributed by atoms with van der Waals surface area (Å²) in [4.78, 5) is 30.8. The zero-order valence-corrected chi connectivity index (χ0v) is 18.6. The van der Waals surface area contributed by atoms with Crippen LogP contribution < -0.4 is 16.0 Å². The molecule has 0 aliphatic carbocycles. The lowest BCUT2D eigenvalue weighted by Gasteiger charge is -2.14. The Morgan fingerprint density at radius 2 is 1.94 bits per heavy atom. The summed E-state index contributed by atoms with van der Waals surface area (Å²) in [5, 5.41) is 10.5. The Hall–Kier alpha value is -2.87. The number of rotatable bonds is 13. The maximum absolute atomic E-state index is 12.2. The summed E-state index contributed by atoms with van der Waals surface area (Å²) >= 11 is 0. The van der Waals surface area contributed by atoms with Crippen LogP contribution in [0.2, 0.25) is 0 Å². The lowest BCUT2D eigenvalue weighted by molar-refractivity contribution is 0.0933. The number of unbranched alkanes of at least 4 members (excludes halogenated alkanes) is 1. The summed E-state index contributed by atoms with van der Waals surface area (Å²) in [6.07, 6.45) is 6.73. The van der Waals surface area contributed by atoms with Crippen molar-refractivity contribution in [2.45, 2.75) is 46.0 Å². The number of nitrogens with zero attached hydrogens (tertiary/aromatic N) is 2. The fourth-order valence-electron chi connectivity index (χ4n) is 3.19. The summed E-state index contributed by atoms with van der Waals surface area (Å²) in [5.41, 5.74) is -1.08. The molecule has 0 bridgehead atoms. The number of benzene rings is 1. The molecule has 0 saturated carbocycles. The van der Waals surface area contributed by atoms with Crippen molar-refractivity contribution in [3.8, 4) is 17.3 Å². The molecule has 0 amide bonds. The van der Waals surface area contributed by atoms with Gasteiger partial charge in [0.15, 0.2) is 0 Å². The van der Waals surface area contributed by atoms with Crippen LogP contribution in [0, 0.1) is 5.92 Å². The molecule has 2 aromatic rings. The van der Waals surface area contributed by atoms with Crippen LogP contribution in [-0.4, -0.2) is 47.7 Å². The zero-order valence-electron chi connectivity index (χ0n) is 18.6. The van der Waals surface area contributed by atoms with Crippen molar-refractivity contribution >= 4 is 6.21 Å². The van der Waals surface area contributed by atoms with Crippen LogP contribution in [-0.2, 0) is 4.74 Å². The summed E-state index contributed by atoms with van der Waals surface area (Å²) in [6, 6.07) is 6.54. The first-order valence-electron chi connectivity index (χ1n) is 10.8. The normalized spacial score (nSPS) is 12.4. The van der Waals surface area contributed by atoms with E-state index in [0.717, 1.165) is 17.6 Å². The first-order chi connectivity index (χ1) is 15.0. The highest BCUT2D eigenvalue weighted by Crippen LogP contribution is 2.18. The highest BCUT2D eigenvalue weighted by molar-refractivity contribution is 5.82. The van der Waals surface area contributed by atoms with Gasteiger partial charge >= 0.3 is 5.69 Å². The number of aromatic amines is 1. The van der Waals surface area contributed by atoms with Crippen LogP contribution in [0.15, 0.2) is 38.8 Å². The molecule has 2 N–H and O–H groups in total. The summed E-state index contributed by atoms with van der Waals surface area (Å²) in [7, 11) is 1.53. The quantitative estimate of drug-likeness (QED) is 0.374. The van der Waals surface area contributed by atoms with Gasteiger partial charge in [-0.2, -0.15) is 0 Å². The van der Waals surface area contributed by atoms with E-state index in [2.05, 4.69) is 23.8 Å². The number of H-pyrrole nitrogens is 1. The molecule has 8 heteroatoms. The highest BCUT2D eigenvalue weighted by Gasteiger charge is 2.14. The minimum Gasteiger partial charge on any atom is -0.497 e. The predicted molar refractivity (Wildman–Crippen MR) is 122 cm³/mol. The van der Waals surface area contributed by atoms with E-state index in [9.17, 15) is 14.7 Å². The van der Waals surface area contributed by atoms with E-state index >= 15 is 0 Å². The number of nitrogens with one attached hydrogen (secondary N) is 1. The SMILES string of the molecule is CCCC[C@H](CC)COCCCN=Cc1c(O)n(-c2ccc(OC)cc2)c(=O)[nH]c1=O. The third kappa shape index (κ3) is 7.10. The van der Waals surface area contributed by atoms with Gasteiger partial charge in [0.1, 0.15) is 11.3 Å². The van der Waals surface area contributed by atoms with E-state index in [-0.39, 0.29) is 5.56 Å². The summed E-state index contributed by atoms with van der Waals surface area (Å²) in [6.45, 7) is 6.17. The topological polar surface area (TPSA) is 106 Å². The average molecular weight is 432 g/mol. The molecular weight excluding hydrogens is 398 g/mol. The Kier molecular flexibility index (Phi) is 10.0. The molecule has 0 radical (unpaired) electrons. The van der Waals surface area contributed by atoms with Crippen molar-refractivity contribution in [2.75, 3.05) is 26.9 Å². The first-order valence-corrected chi connectivity index (χ1v) is 10.8. The van der Waals surface area contributed by atoms with Gasteiger partial charge in [-0.15, -0.1) is 0 Å². The Bertz CT molecular complexity index is 947. The summed E-state index contributed by atoms with van der Waals surface area (Å²) < 4.78 is 11.9. The molecule has 0 spiro atoms. The molecule has 31 heavy (non-hydrogen) atoms. The Balaban J connectivity index is 1.97. The molecule has 1 heterocycles. The van der Waals surface area contributed by atoms with Gasteiger partial charge in [-0.25, -0.2) is 9.36 Å². The van der Waals surface area contributed by atoms with E-state index < -0.39 is 17.1 Å². The van der Waals surface area contributed by atoms with Crippen LogP contribution in [0.5, 0.6) is 11.6 Å². The number of hydrogen-bond acceptors (Lipinski definition) is 6. The van der Waals surface area contributed by atoms with Crippen molar-refractivity contribution < 1.29 is 14.6 Å². The smallest absolute Gasteiger partial charge is 0.335 e. The molecule has 1 atom stereocenters. The second kappa shape index (κ2) is 12.7. The highest BCUT2D eigenvalue weighted by atomic mass is 16.5. The van der Waals surface area contributed by atoms with Crippen molar-refractivity contribution in [3.63, 3.8) is 0 Å². The molecule has 0 aliphatic heterocycles. The van der Waals surface area contributed by atoms with Crippen LogP contribution in [0.1, 0.15) is 51.5 Å². The first kappa shape index (κ1) is 24.4. The Morgan fingerprint density at radius 3 is 2.58 bits per heavy atom. The standard InChI is InChI=1S/C23H33N3O5/c1-4-6-8-17(5-2)16-31-14-7-13-24-15-20-21(27)25-23(29)26(22(20)28)18-9-11-19(30-3)12-10-18/h9-12,15,17,28H,4-8,13-14,16H2,1-3H3,(H,25,27,29)/t17-/m0/s1. The maximum atomic E-state index is 12.2. The molecule has 0 aliphatic rings. The van der Waals surface area contributed by atoms with E-state index in [0.29, 0.717) is 36.9 Å². The molecular formula is C23H33N3O5. The fourth-order valence-corrected chi connectivity index (χ4v) is 3.19. The van der Waals surface area contributed by atoms with E-state index in [1.54, 1.807) is 24.3 Å². The molecule has 1 aromatic heterocycles. The van der Waals surface area contributed by atoms with Gasteiger partial charge in [-0.3, -0.25) is 14.8 Å². The zero-order chi connectivity index (χ0) is 22.6. The monoisotopic (exact) mass is 431 g/mol. The van der Waals surface area contributed by atoms with Crippen molar-refractivity contribution in [3.05, 3.63) is 50.7 Å². The van der Waals surface area contributed by atoms with Gasteiger partial charge in [0.05, 0.1) is 12.8 Å². The van der Waals surface area contributed by atoms with E-state index in [1.807, 2.05) is 0 Å². The second-order valence-corrected chi connectivity index (χ2v) is 7.41. The number of aromatic nitrogens is 2. The third-order valence-electron chi connectivity index (χ3n) is 5.14. The van der Waals surface area contributed by atoms with Crippen molar-refractivity contribution in [1.82, 2.24) is 9.55 Å². The van der Waals surface area contributed by atoms with Crippen molar-refractivity contribution in [1.29, 1.82) is 0 Å². The second-order valence-electron chi connectivity index (χ2n) is 7.41. The predicted octanol–water partition coefficient (Wildman–Crippen LogP) is 3.28. The number of aromatic hydroxyl groups is 1. The largest absolute Gasteiger partial charge is 0.497 e. The van der Waals surface area contributed by atoms with Gasteiger partial charge in [0.2, 0.25) is 5.88 Å². The minimum atomic E-state index is -0.730.